The molecule has 0 aliphatic carbocycles. The van der Waals surface area contributed by atoms with Crippen LogP contribution in [0.25, 0.3) is 0 Å². The number of aryl methyl sites for hydroxylation is 2. The quantitative estimate of drug-likeness (QED) is 0.923. The molecule has 1 N–H and O–H groups in total. The minimum atomic E-state index is -3.58. The van der Waals surface area contributed by atoms with E-state index in [1.54, 1.807) is 19.2 Å². The largest absolute Gasteiger partial charge is 0.493 e. The lowest BCUT2D eigenvalue weighted by atomic mass is 10.0. The van der Waals surface area contributed by atoms with Crippen LogP contribution in [0.4, 0.5) is 0 Å². The molecule has 0 spiro atoms. The van der Waals surface area contributed by atoms with Gasteiger partial charge in [0.05, 0.1) is 18.0 Å². The Bertz CT molecular complexity index is 841. The molecule has 0 saturated carbocycles. The zero-order valence-corrected chi connectivity index (χ0v) is 14.8. The summed E-state index contributed by atoms with van der Waals surface area (Å²) < 4.78 is 39.1. The lowest BCUT2D eigenvalue weighted by Crippen LogP contribution is -2.42. The summed E-state index contributed by atoms with van der Waals surface area (Å²) in [5, 5.41) is 0. The van der Waals surface area contributed by atoms with Crippen LogP contribution in [0.15, 0.2) is 41.3 Å². The van der Waals surface area contributed by atoms with Gasteiger partial charge in [0.15, 0.2) is 11.5 Å². The number of ether oxygens (including phenoxy) is 2. The van der Waals surface area contributed by atoms with Crippen molar-refractivity contribution in [2.45, 2.75) is 31.2 Å². The summed E-state index contributed by atoms with van der Waals surface area (Å²) in [6.45, 7) is 4.05. The van der Waals surface area contributed by atoms with Crippen LogP contribution < -0.4 is 14.2 Å². The lowest BCUT2D eigenvalue weighted by molar-refractivity contribution is 0.240. The molecule has 1 aliphatic rings. The monoisotopic (exact) mass is 347 g/mol. The summed E-state index contributed by atoms with van der Waals surface area (Å²) >= 11 is 0. The fraction of sp³-hybridized carbons (Fsp3) is 0.333. The van der Waals surface area contributed by atoms with E-state index >= 15 is 0 Å². The molecule has 2 aromatic carbocycles. The molecule has 0 saturated heterocycles. The Hall–Kier alpha value is -2.05. The summed E-state index contributed by atoms with van der Waals surface area (Å²) in [6.07, 6.45) is 0.566. The van der Waals surface area contributed by atoms with Gasteiger partial charge in [-0.1, -0.05) is 18.2 Å². The second-order valence-electron chi connectivity index (χ2n) is 6.11. The molecule has 0 fully saturated rings. The normalized spacial score (nSPS) is 17.0. The van der Waals surface area contributed by atoms with Crippen LogP contribution in [0.3, 0.4) is 0 Å². The van der Waals surface area contributed by atoms with Gasteiger partial charge in [0.25, 0.3) is 0 Å². The van der Waals surface area contributed by atoms with Gasteiger partial charge in [-0.15, -0.1) is 0 Å². The van der Waals surface area contributed by atoms with Crippen LogP contribution >= 0.6 is 0 Å². The van der Waals surface area contributed by atoms with Gasteiger partial charge in [0.1, 0.15) is 6.61 Å². The molecule has 24 heavy (non-hydrogen) atoms. The molecule has 0 aromatic heterocycles. The molecule has 3 rings (SSSR count). The Kier molecular flexibility index (Phi) is 4.51. The van der Waals surface area contributed by atoms with Crippen LogP contribution in [0, 0.1) is 13.8 Å². The van der Waals surface area contributed by atoms with Gasteiger partial charge in [-0.3, -0.25) is 0 Å². The van der Waals surface area contributed by atoms with Crippen molar-refractivity contribution in [1.82, 2.24) is 4.72 Å². The number of methoxy groups -OCH3 is 1. The number of para-hydroxylation sites is 1. The molecule has 1 heterocycles. The number of rotatable bonds is 4. The smallest absolute Gasteiger partial charge is 0.240 e. The second kappa shape index (κ2) is 6.45. The predicted octanol–water partition coefficient (Wildman–Crippen LogP) is 2.59. The molecule has 2 aromatic rings. The van der Waals surface area contributed by atoms with E-state index in [2.05, 4.69) is 4.72 Å². The SMILES string of the molecule is COc1cccc2c1OC[C@@H](NS(=O)(=O)c1cc(C)cc(C)c1)C2. The van der Waals surface area contributed by atoms with Gasteiger partial charge in [0.2, 0.25) is 10.0 Å². The Labute approximate surface area is 142 Å². The topological polar surface area (TPSA) is 64.6 Å². The van der Waals surface area contributed by atoms with Crippen LogP contribution in [0.1, 0.15) is 16.7 Å². The van der Waals surface area contributed by atoms with Crippen LogP contribution in [0.2, 0.25) is 0 Å². The van der Waals surface area contributed by atoms with Crippen molar-refractivity contribution >= 4 is 10.0 Å². The standard InChI is InChI=1S/C18H21NO4S/c1-12-7-13(2)9-16(8-12)24(20,21)19-15-10-14-5-4-6-17(22-3)18(14)23-11-15/h4-9,15,19H,10-11H2,1-3H3/t15-/m0/s1. The maximum atomic E-state index is 12.6. The van der Waals surface area contributed by atoms with Crippen molar-refractivity contribution < 1.29 is 17.9 Å². The maximum Gasteiger partial charge on any atom is 0.240 e. The van der Waals surface area contributed by atoms with Crippen LogP contribution in [-0.4, -0.2) is 28.2 Å². The first kappa shape index (κ1) is 16.8. The molecule has 0 bridgehead atoms. The minimum absolute atomic E-state index is 0.275. The number of fused-ring (bicyclic) bond motifs is 1. The fourth-order valence-electron chi connectivity index (χ4n) is 3.01. The van der Waals surface area contributed by atoms with Crippen molar-refractivity contribution in [2.75, 3.05) is 13.7 Å². The molecule has 0 unspecified atom stereocenters. The summed E-state index contributed by atoms with van der Waals surface area (Å²) in [6, 6.07) is 10.6. The van der Waals surface area contributed by atoms with Gasteiger partial charge in [-0.2, -0.15) is 0 Å². The first-order chi connectivity index (χ1) is 11.4. The minimum Gasteiger partial charge on any atom is -0.493 e. The van der Waals surface area contributed by atoms with E-state index in [-0.39, 0.29) is 17.5 Å². The van der Waals surface area contributed by atoms with Crippen LogP contribution in [0.5, 0.6) is 11.5 Å². The first-order valence-electron chi connectivity index (χ1n) is 7.78. The number of hydrogen-bond donors (Lipinski definition) is 1. The number of sulfonamides is 1. The Balaban J connectivity index is 1.81. The van der Waals surface area contributed by atoms with Gasteiger partial charge in [0, 0.05) is 0 Å². The molecule has 0 radical (unpaired) electrons. The lowest BCUT2D eigenvalue weighted by Gasteiger charge is -2.27. The van der Waals surface area contributed by atoms with Crippen LogP contribution in [-0.2, 0) is 16.4 Å². The molecule has 0 amide bonds. The molecule has 5 nitrogen and oxygen atoms in total. The highest BCUT2D eigenvalue weighted by Crippen LogP contribution is 2.34. The third kappa shape index (κ3) is 3.39. The third-order valence-corrected chi connectivity index (χ3v) is 5.50. The van der Waals surface area contributed by atoms with E-state index < -0.39 is 10.0 Å². The molecular formula is C18H21NO4S. The van der Waals surface area contributed by atoms with E-state index in [0.717, 1.165) is 16.7 Å². The average molecular weight is 347 g/mol. The molecule has 1 atom stereocenters. The van der Waals surface area contributed by atoms with Crippen molar-refractivity contribution in [3.63, 3.8) is 0 Å². The number of hydrogen-bond acceptors (Lipinski definition) is 4. The zero-order valence-electron chi connectivity index (χ0n) is 14.0. The summed E-state index contributed by atoms with van der Waals surface area (Å²) in [4.78, 5) is 0.288. The first-order valence-corrected chi connectivity index (χ1v) is 9.26. The predicted molar refractivity (Wildman–Crippen MR) is 92.2 cm³/mol. The highest BCUT2D eigenvalue weighted by Gasteiger charge is 2.27. The zero-order chi connectivity index (χ0) is 17.3. The van der Waals surface area contributed by atoms with Gasteiger partial charge in [-0.25, -0.2) is 13.1 Å². The molecular weight excluding hydrogens is 326 g/mol. The number of nitrogens with one attached hydrogen (secondary N) is 1. The van der Waals surface area contributed by atoms with E-state index in [1.807, 2.05) is 38.1 Å². The summed E-state index contributed by atoms with van der Waals surface area (Å²) in [5.74, 6) is 1.37. The van der Waals surface area contributed by atoms with Gasteiger partial charge >= 0.3 is 0 Å². The highest BCUT2D eigenvalue weighted by atomic mass is 32.2. The molecule has 1 aliphatic heterocycles. The van der Waals surface area contributed by atoms with E-state index in [4.69, 9.17) is 9.47 Å². The molecule has 128 valence electrons. The van der Waals surface area contributed by atoms with Gasteiger partial charge in [-0.05, 0) is 55.2 Å². The Morgan fingerprint density at radius 1 is 1.17 bits per heavy atom. The average Bonchev–Trinajstić information content (AvgIpc) is 2.52. The summed E-state index contributed by atoms with van der Waals surface area (Å²) in [7, 11) is -1.99. The van der Waals surface area contributed by atoms with E-state index in [9.17, 15) is 8.42 Å². The maximum absolute atomic E-state index is 12.6. The Morgan fingerprint density at radius 3 is 2.54 bits per heavy atom. The van der Waals surface area contributed by atoms with Crippen molar-refractivity contribution in [1.29, 1.82) is 0 Å². The van der Waals surface area contributed by atoms with Crippen molar-refractivity contribution in [3.8, 4) is 11.5 Å². The fourth-order valence-corrected chi connectivity index (χ4v) is 4.41. The summed E-state index contributed by atoms with van der Waals surface area (Å²) in [5.41, 5.74) is 2.78. The highest BCUT2D eigenvalue weighted by molar-refractivity contribution is 7.89. The molecule has 6 heteroatoms. The second-order valence-corrected chi connectivity index (χ2v) is 7.82. The number of benzene rings is 2. The Morgan fingerprint density at radius 2 is 1.88 bits per heavy atom. The van der Waals surface area contributed by atoms with Crippen molar-refractivity contribution in [3.05, 3.63) is 53.1 Å². The third-order valence-electron chi connectivity index (χ3n) is 4.00. The van der Waals surface area contributed by atoms with E-state index in [0.29, 0.717) is 17.9 Å². The van der Waals surface area contributed by atoms with Crippen molar-refractivity contribution in [2.24, 2.45) is 0 Å². The van der Waals surface area contributed by atoms with Gasteiger partial charge < -0.3 is 9.47 Å². The van der Waals surface area contributed by atoms with E-state index in [1.165, 1.54) is 0 Å².